The van der Waals surface area contributed by atoms with Gasteiger partial charge in [-0.05, 0) is 18.6 Å². The highest BCUT2D eigenvalue weighted by Crippen LogP contribution is 2.35. The molecular weight excluding hydrogens is 324 g/mol. The first kappa shape index (κ1) is 16.4. The molecule has 2 atom stereocenters. The SMILES string of the molecule is COc1ccncc1CN1CC2CC(C1)N2Cc1ccc(F)cc1F. The predicted molar refractivity (Wildman–Crippen MR) is 90.2 cm³/mol. The van der Waals surface area contributed by atoms with Crippen LogP contribution in [-0.2, 0) is 13.1 Å². The molecule has 3 saturated heterocycles. The molecule has 0 radical (unpaired) electrons. The van der Waals surface area contributed by atoms with E-state index >= 15 is 0 Å². The summed E-state index contributed by atoms with van der Waals surface area (Å²) in [6.07, 6.45) is 4.73. The number of pyridine rings is 1. The van der Waals surface area contributed by atoms with Gasteiger partial charge in [0, 0.05) is 67.8 Å². The van der Waals surface area contributed by atoms with Crippen LogP contribution in [0.2, 0.25) is 0 Å². The maximum absolute atomic E-state index is 13.9. The normalized spacial score (nSPS) is 23.3. The van der Waals surface area contributed by atoms with Crippen LogP contribution in [0.1, 0.15) is 17.5 Å². The van der Waals surface area contributed by atoms with E-state index in [1.165, 1.54) is 6.07 Å². The Hall–Kier alpha value is -2.05. The summed E-state index contributed by atoms with van der Waals surface area (Å²) in [6, 6.07) is 6.57. The molecule has 3 aliphatic rings. The average molecular weight is 345 g/mol. The largest absolute Gasteiger partial charge is 0.496 e. The van der Waals surface area contributed by atoms with Crippen LogP contribution in [0.15, 0.2) is 36.7 Å². The number of aromatic nitrogens is 1. The van der Waals surface area contributed by atoms with Crippen LogP contribution >= 0.6 is 0 Å². The lowest BCUT2D eigenvalue weighted by molar-refractivity contribution is -0.0780. The molecule has 1 aromatic heterocycles. The number of piperazine rings is 1. The van der Waals surface area contributed by atoms with Gasteiger partial charge in [-0.3, -0.25) is 14.8 Å². The van der Waals surface area contributed by atoms with Crippen molar-refractivity contribution in [3.63, 3.8) is 0 Å². The summed E-state index contributed by atoms with van der Waals surface area (Å²) >= 11 is 0. The van der Waals surface area contributed by atoms with E-state index in [9.17, 15) is 8.78 Å². The number of hydrogen-bond acceptors (Lipinski definition) is 4. The van der Waals surface area contributed by atoms with Crippen LogP contribution in [0.25, 0.3) is 0 Å². The van der Waals surface area contributed by atoms with Gasteiger partial charge in [-0.2, -0.15) is 0 Å². The van der Waals surface area contributed by atoms with E-state index in [1.807, 2.05) is 12.3 Å². The summed E-state index contributed by atoms with van der Waals surface area (Å²) in [4.78, 5) is 8.91. The Morgan fingerprint density at radius 2 is 1.92 bits per heavy atom. The molecule has 4 heterocycles. The highest BCUT2D eigenvalue weighted by molar-refractivity contribution is 5.30. The topological polar surface area (TPSA) is 28.6 Å². The molecule has 132 valence electrons. The summed E-state index contributed by atoms with van der Waals surface area (Å²) in [7, 11) is 1.67. The Balaban J connectivity index is 1.39. The van der Waals surface area contributed by atoms with Crippen molar-refractivity contribution in [3.8, 4) is 5.75 Å². The minimum absolute atomic E-state index is 0.422. The van der Waals surface area contributed by atoms with Crippen LogP contribution < -0.4 is 4.74 Å². The molecule has 3 aliphatic heterocycles. The zero-order valence-corrected chi connectivity index (χ0v) is 14.2. The van der Waals surface area contributed by atoms with Crippen molar-refractivity contribution in [1.29, 1.82) is 0 Å². The molecule has 0 aliphatic carbocycles. The molecule has 0 saturated carbocycles. The van der Waals surface area contributed by atoms with E-state index in [0.717, 1.165) is 43.4 Å². The second-order valence-corrected chi connectivity index (χ2v) is 6.83. The smallest absolute Gasteiger partial charge is 0.130 e. The molecule has 6 heteroatoms. The fourth-order valence-electron chi connectivity index (χ4n) is 3.98. The van der Waals surface area contributed by atoms with E-state index in [-0.39, 0.29) is 0 Å². The molecule has 4 nitrogen and oxygen atoms in total. The number of rotatable bonds is 5. The van der Waals surface area contributed by atoms with Crippen molar-refractivity contribution in [1.82, 2.24) is 14.8 Å². The Morgan fingerprint density at radius 3 is 2.64 bits per heavy atom. The molecule has 0 amide bonds. The van der Waals surface area contributed by atoms with Gasteiger partial charge < -0.3 is 4.74 Å². The fraction of sp³-hybridized carbons (Fsp3) is 0.421. The second-order valence-electron chi connectivity index (χ2n) is 6.83. The third-order valence-corrected chi connectivity index (χ3v) is 5.26. The monoisotopic (exact) mass is 345 g/mol. The van der Waals surface area contributed by atoms with Crippen molar-refractivity contribution < 1.29 is 13.5 Å². The summed E-state index contributed by atoms with van der Waals surface area (Å²) in [5.41, 5.74) is 1.65. The Bertz CT molecular complexity index is 758. The third-order valence-electron chi connectivity index (χ3n) is 5.26. The number of benzene rings is 1. The summed E-state index contributed by atoms with van der Waals surface area (Å²) in [5, 5.41) is 0. The Morgan fingerprint density at radius 1 is 1.12 bits per heavy atom. The number of halogens is 2. The fourth-order valence-corrected chi connectivity index (χ4v) is 3.98. The summed E-state index contributed by atoms with van der Waals surface area (Å²) in [5.74, 6) is -0.122. The lowest BCUT2D eigenvalue weighted by atomic mass is 9.86. The second kappa shape index (κ2) is 6.69. The van der Waals surface area contributed by atoms with Gasteiger partial charge in [-0.15, -0.1) is 0 Å². The molecule has 0 N–H and O–H groups in total. The Labute approximate surface area is 146 Å². The third kappa shape index (κ3) is 3.24. The molecule has 1 aromatic carbocycles. The maximum Gasteiger partial charge on any atom is 0.130 e. The standard InChI is InChI=1S/C19H21F2N3O/c1-25-19-4-5-22-8-14(19)9-23-11-16-7-17(12-23)24(16)10-13-2-3-15(20)6-18(13)21/h2-6,8,16-17H,7,9-12H2,1H3. The molecule has 3 fully saturated rings. The highest BCUT2D eigenvalue weighted by Gasteiger charge is 2.44. The first-order valence-electron chi connectivity index (χ1n) is 8.53. The first-order valence-corrected chi connectivity index (χ1v) is 8.53. The minimum Gasteiger partial charge on any atom is -0.496 e. The first-order chi connectivity index (χ1) is 12.1. The van der Waals surface area contributed by atoms with Crippen molar-refractivity contribution in [2.45, 2.75) is 31.6 Å². The Kier molecular flexibility index (Phi) is 4.39. The van der Waals surface area contributed by atoms with Crippen LogP contribution in [0, 0.1) is 11.6 Å². The molecule has 2 aromatic rings. The summed E-state index contributed by atoms with van der Waals surface area (Å²) < 4.78 is 32.4. The number of fused-ring (bicyclic) bond motifs is 2. The predicted octanol–water partition coefficient (Wildman–Crippen LogP) is 2.83. The van der Waals surface area contributed by atoms with Gasteiger partial charge >= 0.3 is 0 Å². The molecule has 2 unspecified atom stereocenters. The zero-order chi connectivity index (χ0) is 17.4. The molecule has 25 heavy (non-hydrogen) atoms. The van der Waals surface area contributed by atoms with Crippen molar-refractivity contribution in [3.05, 3.63) is 59.4 Å². The van der Waals surface area contributed by atoms with Crippen LogP contribution in [0.5, 0.6) is 5.75 Å². The van der Waals surface area contributed by atoms with Crippen LogP contribution in [0.3, 0.4) is 0 Å². The number of ether oxygens (including phenoxy) is 1. The van der Waals surface area contributed by atoms with E-state index < -0.39 is 11.6 Å². The van der Waals surface area contributed by atoms with Gasteiger partial charge in [-0.25, -0.2) is 8.78 Å². The number of methoxy groups -OCH3 is 1. The summed E-state index contributed by atoms with van der Waals surface area (Å²) in [6.45, 7) is 3.24. The van der Waals surface area contributed by atoms with E-state index in [0.29, 0.717) is 24.2 Å². The zero-order valence-electron chi connectivity index (χ0n) is 14.2. The minimum atomic E-state index is -0.526. The van der Waals surface area contributed by atoms with Gasteiger partial charge in [-0.1, -0.05) is 6.07 Å². The van der Waals surface area contributed by atoms with Gasteiger partial charge in [0.25, 0.3) is 0 Å². The molecular formula is C19H21F2N3O. The lowest BCUT2D eigenvalue weighted by Crippen LogP contribution is -2.67. The quantitative estimate of drug-likeness (QED) is 0.833. The lowest BCUT2D eigenvalue weighted by Gasteiger charge is -2.56. The van der Waals surface area contributed by atoms with Crippen molar-refractivity contribution in [2.24, 2.45) is 0 Å². The van der Waals surface area contributed by atoms with E-state index in [1.54, 1.807) is 19.4 Å². The highest BCUT2D eigenvalue weighted by atomic mass is 19.1. The number of hydrogen-bond donors (Lipinski definition) is 0. The van der Waals surface area contributed by atoms with Crippen LogP contribution in [-0.4, -0.2) is 47.1 Å². The van der Waals surface area contributed by atoms with Gasteiger partial charge in [0.1, 0.15) is 17.4 Å². The molecule has 5 rings (SSSR count). The molecule has 2 bridgehead atoms. The van der Waals surface area contributed by atoms with Gasteiger partial charge in [0.2, 0.25) is 0 Å². The average Bonchev–Trinajstić information content (AvgIpc) is 2.61. The number of piperidine rings is 1. The maximum atomic E-state index is 13.9. The van der Waals surface area contributed by atoms with E-state index in [2.05, 4.69) is 14.8 Å². The van der Waals surface area contributed by atoms with Crippen molar-refractivity contribution >= 4 is 0 Å². The number of nitrogens with zero attached hydrogens (tertiary/aromatic N) is 3. The van der Waals surface area contributed by atoms with Crippen LogP contribution in [0.4, 0.5) is 8.78 Å². The van der Waals surface area contributed by atoms with Crippen molar-refractivity contribution in [2.75, 3.05) is 20.2 Å². The van der Waals surface area contributed by atoms with Gasteiger partial charge in [0.05, 0.1) is 7.11 Å². The van der Waals surface area contributed by atoms with E-state index in [4.69, 9.17) is 4.74 Å². The van der Waals surface area contributed by atoms with Gasteiger partial charge in [0.15, 0.2) is 0 Å². The molecule has 0 spiro atoms.